The minimum Gasteiger partial charge on any atom is -0.497 e. The number of ether oxygens (including phenoxy) is 2. The topological polar surface area (TPSA) is 35.5 Å². The molecular formula is C17H24O3. The van der Waals surface area contributed by atoms with E-state index in [2.05, 4.69) is 20.8 Å². The van der Waals surface area contributed by atoms with Crippen molar-refractivity contribution >= 4 is 5.97 Å². The Bertz CT molecular complexity index is 462. The van der Waals surface area contributed by atoms with Gasteiger partial charge in [0.2, 0.25) is 0 Å². The Labute approximate surface area is 121 Å². The zero-order chi connectivity index (χ0) is 14.8. The SMILES string of the molecule is COc1ccc(OC(=O)C[C@H]2CC[C@H](C)C2(C)C)cc1. The van der Waals surface area contributed by atoms with Gasteiger partial charge in [-0.2, -0.15) is 0 Å². The molecule has 1 aromatic carbocycles. The van der Waals surface area contributed by atoms with Gasteiger partial charge in [-0.25, -0.2) is 0 Å². The minimum atomic E-state index is -0.137. The highest BCUT2D eigenvalue weighted by Crippen LogP contribution is 2.48. The first-order valence-corrected chi connectivity index (χ1v) is 7.28. The highest BCUT2D eigenvalue weighted by atomic mass is 16.5. The van der Waals surface area contributed by atoms with E-state index in [0.29, 0.717) is 24.0 Å². The molecular weight excluding hydrogens is 252 g/mol. The number of hydrogen-bond donors (Lipinski definition) is 0. The largest absolute Gasteiger partial charge is 0.497 e. The highest BCUT2D eigenvalue weighted by Gasteiger charge is 2.41. The summed E-state index contributed by atoms with van der Waals surface area (Å²) in [6.45, 7) is 6.79. The van der Waals surface area contributed by atoms with Crippen LogP contribution in [0.1, 0.15) is 40.0 Å². The van der Waals surface area contributed by atoms with Crippen LogP contribution in [0.15, 0.2) is 24.3 Å². The third-order valence-electron chi connectivity index (χ3n) is 4.97. The molecule has 0 aromatic heterocycles. The van der Waals surface area contributed by atoms with Crippen molar-refractivity contribution in [2.24, 2.45) is 17.3 Å². The first-order chi connectivity index (χ1) is 9.43. The van der Waals surface area contributed by atoms with Crippen LogP contribution in [0.2, 0.25) is 0 Å². The van der Waals surface area contributed by atoms with E-state index in [-0.39, 0.29) is 11.4 Å². The van der Waals surface area contributed by atoms with Crippen LogP contribution in [-0.4, -0.2) is 13.1 Å². The second-order valence-electron chi connectivity index (χ2n) is 6.35. The summed E-state index contributed by atoms with van der Waals surface area (Å²) in [5.74, 6) is 2.29. The summed E-state index contributed by atoms with van der Waals surface area (Å²) in [6.07, 6.45) is 2.82. The van der Waals surface area contributed by atoms with Crippen LogP contribution < -0.4 is 9.47 Å². The molecule has 1 aromatic rings. The Kier molecular flexibility index (Phi) is 4.36. The van der Waals surface area contributed by atoms with Crippen molar-refractivity contribution in [3.05, 3.63) is 24.3 Å². The van der Waals surface area contributed by atoms with Crippen LogP contribution in [0.5, 0.6) is 11.5 Å². The van der Waals surface area contributed by atoms with Gasteiger partial charge in [-0.05, 0) is 54.4 Å². The fourth-order valence-corrected chi connectivity index (χ4v) is 2.98. The van der Waals surface area contributed by atoms with Crippen molar-refractivity contribution in [2.75, 3.05) is 7.11 Å². The lowest BCUT2D eigenvalue weighted by Crippen LogP contribution is -2.26. The molecule has 0 bridgehead atoms. The summed E-state index contributed by atoms with van der Waals surface area (Å²) >= 11 is 0. The number of hydrogen-bond acceptors (Lipinski definition) is 3. The van der Waals surface area contributed by atoms with E-state index in [4.69, 9.17) is 9.47 Å². The molecule has 0 unspecified atom stereocenters. The Balaban J connectivity index is 1.92. The fourth-order valence-electron chi connectivity index (χ4n) is 2.98. The molecule has 0 heterocycles. The van der Waals surface area contributed by atoms with Gasteiger partial charge in [0.05, 0.1) is 7.11 Å². The van der Waals surface area contributed by atoms with E-state index in [9.17, 15) is 4.79 Å². The van der Waals surface area contributed by atoms with E-state index >= 15 is 0 Å². The lowest BCUT2D eigenvalue weighted by atomic mass is 9.75. The summed E-state index contributed by atoms with van der Waals surface area (Å²) in [6, 6.07) is 7.12. The summed E-state index contributed by atoms with van der Waals surface area (Å²) in [5.41, 5.74) is 0.221. The molecule has 3 nitrogen and oxygen atoms in total. The highest BCUT2D eigenvalue weighted by molar-refractivity contribution is 5.72. The molecule has 0 N–H and O–H groups in total. The molecule has 0 radical (unpaired) electrons. The fraction of sp³-hybridized carbons (Fsp3) is 0.588. The Morgan fingerprint density at radius 1 is 1.20 bits per heavy atom. The first-order valence-electron chi connectivity index (χ1n) is 7.28. The van der Waals surface area contributed by atoms with E-state index in [1.165, 1.54) is 6.42 Å². The van der Waals surface area contributed by atoms with Crippen LogP contribution in [0.3, 0.4) is 0 Å². The molecule has 1 fully saturated rings. The molecule has 110 valence electrons. The third-order valence-corrected chi connectivity index (χ3v) is 4.97. The smallest absolute Gasteiger partial charge is 0.311 e. The van der Waals surface area contributed by atoms with Crippen LogP contribution in [0, 0.1) is 17.3 Å². The number of esters is 1. The van der Waals surface area contributed by atoms with Crippen LogP contribution in [0.4, 0.5) is 0 Å². The first kappa shape index (κ1) is 14.9. The van der Waals surface area contributed by atoms with Crippen LogP contribution in [0.25, 0.3) is 0 Å². The number of methoxy groups -OCH3 is 1. The quantitative estimate of drug-likeness (QED) is 0.614. The lowest BCUT2D eigenvalue weighted by Gasteiger charge is -2.30. The molecule has 20 heavy (non-hydrogen) atoms. The van der Waals surface area contributed by atoms with Crippen molar-refractivity contribution in [3.8, 4) is 11.5 Å². The van der Waals surface area contributed by atoms with Gasteiger partial charge in [-0.15, -0.1) is 0 Å². The molecule has 2 rings (SSSR count). The predicted molar refractivity (Wildman–Crippen MR) is 78.9 cm³/mol. The standard InChI is InChI=1S/C17H24O3/c1-12-5-6-13(17(12,2)3)11-16(18)20-15-9-7-14(19-4)8-10-15/h7-10,12-13H,5-6,11H2,1-4H3/t12-,13+/m0/s1. The van der Waals surface area contributed by atoms with Gasteiger partial charge in [0, 0.05) is 6.42 Å². The maximum atomic E-state index is 12.1. The van der Waals surface area contributed by atoms with E-state index in [0.717, 1.165) is 12.2 Å². The summed E-state index contributed by atoms with van der Waals surface area (Å²) < 4.78 is 10.5. The third kappa shape index (κ3) is 3.14. The average molecular weight is 276 g/mol. The molecule has 2 atom stereocenters. The average Bonchev–Trinajstić information content (AvgIpc) is 2.66. The van der Waals surface area contributed by atoms with E-state index < -0.39 is 0 Å². The number of carbonyl (C=O) groups is 1. The number of carbonyl (C=O) groups excluding carboxylic acids is 1. The van der Waals surface area contributed by atoms with Gasteiger partial charge in [-0.3, -0.25) is 4.79 Å². The summed E-state index contributed by atoms with van der Waals surface area (Å²) in [7, 11) is 1.62. The Morgan fingerprint density at radius 2 is 1.80 bits per heavy atom. The maximum Gasteiger partial charge on any atom is 0.311 e. The van der Waals surface area contributed by atoms with Gasteiger partial charge >= 0.3 is 5.97 Å². The molecule has 1 saturated carbocycles. The van der Waals surface area contributed by atoms with Gasteiger partial charge in [0.15, 0.2) is 0 Å². The summed E-state index contributed by atoms with van der Waals surface area (Å²) in [5, 5.41) is 0. The van der Waals surface area contributed by atoms with E-state index in [1.54, 1.807) is 31.4 Å². The molecule has 1 aliphatic rings. The number of rotatable bonds is 4. The molecule has 3 heteroatoms. The van der Waals surface area contributed by atoms with Gasteiger partial charge in [0.1, 0.15) is 11.5 Å². The van der Waals surface area contributed by atoms with Crippen molar-refractivity contribution in [1.82, 2.24) is 0 Å². The molecule has 0 saturated heterocycles. The Morgan fingerprint density at radius 3 is 2.30 bits per heavy atom. The second kappa shape index (κ2) is 5.86. The van der Waals surface area contributed by atoms with Gasteiger partial charge in [-0.1, -0.05) is 20.8 Å². The van der Waals surface area contributed by atoms with Crippen LogP contribution >= 0.6 is 0 Å². The van der Waals surface area contributed by atoms with Gasteiger partial charge in [0.25, 0.3) is 0 Å². The normalized spacial score (nSPS) is 24.4. The van der Waals surface area contributed by atoms with Crippen molar-refractivity contribution < 1.29 is 14.3 Å². The van der Waals surface area contributed by atoms with Gasteiger partial charge < -0.3 is 9.47 Å². The predicted octanol–water partition coefficient (Wildman–Crippen LogP) is 4.06. The van der Waals surface area contributed by atoms with Crippen molar-refractivity contribution in [3.63, 3.8) is 0 Å². The Hall–Kier alpha value is -1.51. The van der Waals surface area contributed by atoms with Crippen molar-refractivity contribution in [2.45, 2.75) is 40.0 Å². The molecule has 0 spiro atoms. The zero-order valence-corrected chi connectivity index (χ0v) is 12.8. The molecule has 0 amide bonds. The zero-order valence-electron chi connectivity index (χ0n) is 12.8. The number of benzene rings is 1. The van der Waals surface area contributed by atoms with Crippen molar-refractivity contribution in [1.29, 1.82) is 0 Å². The van der Waals surface area contributed by atoms with E-state index in [1.807, 2.05) is 0 Å². The second-order valence-corrected chi connectivity index (χ2v) is 6.35. The molecule has 0 aliphatic heterocycles. The lowest BCUT2D eigenvalue weighted by molar-refractivity contribution is -0.136. The maximum absolute atomic E-state index is 12.1. The van der Waals surface area contributed by atoms with Crippen LogP contribution in [-0.2, 0) is 4.79 Å². The summed E-state index contributed by atoms with van der Waals surface area (Å²) in [4.78, 5) is 12.1. The monoisotopic (exact) mass is 276 g/mol. The minimum absolute atomic E-state index is 0.137. The molecule has 1 aliphatic carbocycles.